The highest BCUT2D eigenvalue weighted by Gasteiger charge is 2.19. The number of rotatable bonds is 8. The van der Waals surface area contributed by atoms with Gasteiger partial charge in [0.1, 0.15) is 11.3 Å². The molecule has 7 nitrogen and oxygen atoms in total. The van der Waals surface area contributed by atoms with E-state index in [4.69, 9.17) is 14.6 Å². The highest BCUT2D eigenvalue weighted by atomic mass is 16.5. The molecular weight excluding hydrogens is 500 g/mol. The normalized spacial score (nSPS) is 13.8. The van der Waals surface area contributed by atoms with E-state index in [0.29, 0.717) is 35.2 Å². The van der Waals surface area contributed by atoms with Gasteiger partial charge in [0, 0.05) is 28.7 Å². The van der Waals surface area contributed by atoms with Crippen molar-refractivity contribution in [1.29, 1.82) is 0 Å². The van der Waals surface area contributed by atoms with Crippen LogP contribution in [0.1, 0.15) is 49.1 Å². The standard InChI is InChI=1S/C33H34N4O3/c1-39-29-18-15-24(20-30(29)40-2)31-28-19-25(33(38)35-32(28)37(36-31)27-11-7-4-8-12-27)21-34-26-16-13-23(14-17-26)22-9-5-3-6-10-22/h4,7-8,11-20,22,34H,3,5-6,9-10,21H2,1-2H3,(H,35,38). The largest absolute Gasteiger partial charge is 0.493 e. The number of ether oxygens (including phenoxy) is 2. The molecule has 5 aromatic rings. The van der Waals surface area contributed by atoms with Crippen molar-refractivity contribution >= 4 is 16.7 Å². The van der Waals surface area contributed by atoms with Gasteiger partial charge in [0.2, 0.25) is 0 Å². The number of anilines is 1. The number of hydrogen-bond acceptors (Lipinski definition) is 5. The number of fused-ring (bicyclic) bond motifs is 1. The first-order valence-corrected chi connectivity index (χ1v) is 13.9. The maximum Gasteiger partial charge on any atom is 0.254 e. The second kappa shape index (κ2) is 11.3. The summed E-state index contributed by atoms with van der Waals surface area (Å²) in [5.74, 6) is 1.93. The van der Waals surface area contributed by atoms with Gasteiger partial charge in [-0.3, -0.25) is 4.79 Å². The molecule has 2 N–H and O–H groups in total. The average Bonchev–Trinajstić information content (AvgIpc) is 3.38. The molecule has 204 valence electrons. The molecule has 0 bridgehead atoms. The fourth-order valence-corrected chi connectivity index (χ4v) is 5.71. The molecule has 6 rings (SSSR count). The average molecular weight is 535 g/mol. The molecule has 0 spiro atoms. The first-order chi connectivity index (χ1) is 19.6. The number of benzene rings is 3. The third kappa shape index (κ3) is 5.07. The summed E-state index contributed by atoms with van der Waals surface area (Å²) in [6.07, 6.45) is 6.56. The molecule has 40 heavy (non-hydrogen) atoms. The number of hydrogen-bond donors (Lipinski definition) is 2. The summed E-state index contributed by atoms with van der Waals surface area (Å²) in [4.78, 5) is 16.4. The fourth-order valence-electron chi connectivity index (χ4n) is 5.71. The maximum absolute atomic E-state index is 13.3. The van der Waals surface area contributed by atoms with E-state index in [1.54, 1.807) is 18.9 Å². The van der Waals surface area contributed by atoms with Crippen LogP contribution in [0.4, 0.5) is 5.69 Å². The van der Waals surface area contributed by atoms with Gasteiger partial charge in [-0.2, -0.15) is 5.10 Å². The molecule has 1 aliphatic rings. The van der Waals surface area contributed by atoms with Crippen LogP contribution in [-0.2, 0) is 6.54 Å². The van der Waals surface area contributed by atoms with E-state index in [-0.39, 0.29) is 5.56 Å². The summed E-state index contributed by atoms with van der Waals surface area (Å²) in [5, 5.41) is 9.24. The summed E-state index contributed by atoms with van der Waals surface area (Å²) in [6.45, 7) is 0.399. The van der Waals surface area contributed by atoms with Crippen molar-refractivity contribution in [2.75, 3.05) is 19.5 Å². The Hall–Kier alpha value is -4.52. The third-order valence-corrected chi connectivity index (χ3v) is 7.89. The Kier molecular flexibility index (Phi) is 7.27. The van der Waals surface area contributed by atoms with E-state index < -0.39 is 0 Å². The van der Waals surface area contributed by atoms with Crippen LogP contribution in [0.2, 0.25) is 0 Å². The van der Waals surface area contributed by atoms with Gasteiger partial charge in [-0.25, -0.2) is 4.68 Å². The van der Waals surface area contributed by atoms with E-state index >= 15 is 0 Å². The predicted molar refractivity (Wildman–Crippen MR) is 160 cm³/mol. The zero-order valence-corrected chi connectivity index (χ0v) is 22.9. The molecule has 1 saturated carbocycles. The maximum atomic E-state index is 13.3. The van der Waals surface area contributed by atoms with Gasteiger partial charge in [0.25, 0.3) is 5.56 Å². The lowest BCUT2D eigenvalue weighted by Gasteiger charge is -2.22. The SMILES string of the molecule is COc1ccc(-c2nn(-c3ccccc3)c3[nH]c(=O)c(CNc4ccc(C5CCCCC5)cc4)cc23)cc1OC. The lowest BCUT2D eigenvalue weighted by Crippen LogP contribution is -2.16. The van der Waals surface area contributed by atoms with Gasteiger partial charge in [-0.1, -0.05) is 49.6 Å². The Morgan fingerprint density at radius 3 is 2.38 bits per heavy atom. The molecule has 2 aromatic heterocycles. The smallest absolute Gasteiger partial charge is 0.254 e. The van der Waals surface area contributed by atoms with Crippen LogP contribution in [0.3, 0.4) is 0 Å². The fraction of sp³-hybridized carbons (Fsp3) is 0.273. The van der Waals surface area contributed by atoms with Crippen LogP contribution >= 0.6 is 0 Å². The molecule has 1 aliphatic carbocycles. The van der Waals surface area contributed by atoms with E-state index in [9.17, 15) is 4.79 Å². The zero-order chi connectivity index (χ0) is 27.5. The number of nitrogens with one attached hydrogen (secondary N) is 2. The Bertz CT molecular complexity index is 1670. The number of para-hydroxylation sites is 1. The van der Waals surface area contributed by atoms with Gasteiger partial charge in [-0.15, -0.1) is 0 Å². The number of pyridine rings is 1. The van der Waals surface area contributed by atoms with Crippen molar-refractivity contribution in [2.24, 2.45) is 0 Å². The summed E-state index contributed by atoms with van der Waals surface area (Å²) in [6, 6.07) is 26.2. The van der Waals surface area contributed by atoms with Gasteiger partial charge >= 0.3 is 0 Å². The summed E-state index contributed by atoms with van der Waals surface area (Å²) >= 11 is 0. The molecule has 3 aromatic carbocycles. The van der Waals surface area contributed by atoms with E-state index in [0.717, 1.165) is 28.0 Å². The zero-order valence-electron chi connectivity index (χ0n) is 22.9. The molecule has 0 atom stereocenters. The van der Waals surface area contributed by atoms with Crippen molar-refractivity contribution in [3.05, 3.63) is 100 Å². The van der Waals surface area contributed by atoms with Gasteiger partial charge < -0.3 is 19.8 Å². The van der Waals surface area contributed by atoms with Gasteiger partial charge in [0.15, 0.2) is 11.5 Å². The molecule has 0 amide bonds. The number of nitrogens with zero attached hydrogens (tertiary/aromatic N) is 2. The Morgan fingerprint density at radius 2 is 1.65 bits per heavy atom. The second-order valence-corrected chi connectivity index (χ2v) is 10.4. The number of methoxy groups -OCH3 is 2. The highest BCUT2D eigenvalue weighted by molar-refractivity contribution is 5.93. The molecule has 0 saturated heterocycles. The summed E-state index contributed by atoms with van der Waals surface area (Å²) in [5.41, 5.74) is 6.01. The molecule has 0 radical (unpaired) electrons. The van der Waals surface area contributed by atoms with Crippen molar-refractivity contribution in [1.82, 2.24) is 14.8 Å². The number of aromatic amines is 1. The van der Waals surface area contributed by atoms with Crippen LogP contribution in [-0.4, -0.2) is 29.0 Å². The van der Waals surface area contributed by atoms with E-state index in [1.807, 2.05) is 54.6 Å². The highest BCUT2D eigenvalue weighted by Crippen LogP contribution is 2.36. The minimum absolute atomic E-state index is 0.144. The van der Waals surface area contributed by atoms with Gasteiger partial charge in [0.05, 0.1) is 19.9 Å². The second-order valence-electron chi connectivity index (χ2n) is 10.4. The van der Waals surface area contributed by atoms with E-state index in [2.05, 4.69) is 34.6 Å². The Balaban J connectivity index is 1.35. The molecule has 1 fully saturated rings. The third-order valence-electron chi connectivity index (χ3n) is 7.89. The Labute approximate surface area is 233 Å². The predicted octanol–water partition coefficient (Wildman–Crippen LogP) is 7.06. The van der Waals surface area contributed by atoms with Crippen LogP contribution in [0.5, 0.6) is 11.5 Å². The van der Waals surface area contributed by atoms with Crippen LogP contribution in [0.25, 0.3) is 28.0 Å². The van der Waals surface area contributed by atoms with Crippen LogP contribution in [0, 0.1) is 0 Å². The monoisotopic (exact) mass is 534 g/mol. The quantitative estimate of drug-likeness (QED) is 0.223. The number of H-pyrrole nitrogens is 1. The van der Waals surface area contributed by atoms with Crippen molar-refractivity contribution in [3.8, 4) is 28.4 Å². The first-order valence-electron chi connectivity index (χ1n) is 13.9. The summed E-state index contributed by atoms with van der Waals surface area (Å²) < 4.78 is 12.8. The van der Waals surface area contributed by atoms with Crippen LogP contribution < -0.4 is 20.3 Å². The van der Waals surface area contributed by atoms with Crippen molar-refractivity contribution in [2.45, 2.75) is 44.6 Å². The summed E-state index contributed by atoms with van der Waals surface area (Å²) in [7, 11) is 3.23. The minimum Gasteiger partial charge on any atom is -0.493 e. The number of aromatic nitrogens is 3. The molecule has 2 heterocycles. The van der Waals surface area contributed by atoms with Crippen molar-refractivity contribution in [3.63, 3.8) is 0 Å². The Morgan fingerprint density at radius 1 is 0.900 bits per heavy atom. The van der Waals surface area contributed by atoms with Gasteiger partial charge in [-0.05, 0) is 72.9 Å². The lowest BCUT2D eigenvalue weighted by molar-refractivity contribution is 0.355. The molecule has 0 aliphatic heterocycles. The van der Waals surface area contributed by atoms with Crippen molar-refractivity contribution < 1.29 is 9.47 Å². The van der Waals surface area contributed by atoms with Crippen LogP contribution in [0.15, 0.2) is 83.7 Å². The minimum atomic E-state index is -0.144. The lowest BCUT2D eigenvalue weighted by atomic mass is 9.84. The topological polar surface area (TPSA) is 81.2 Å². The first kappa shape index (κ1) is 25.7. The molecular formula is C33H34N4O3. The van der Waals surface area contributed by atoms with E-state index in [1.165, 1.54) is 37.7 Å². The molecule has 7 heteroatoms. The molecule has 0 unspecified atom stereocenters.